The second-order valence-electron chi connectivity index (χ2n) is 4.77. The molecule has 1 fully saturated rings. The highest BCUT2D eigenvalue weighted by Gasteiger charge is 2.23. The van der Waals surface area contributed by atoms with Crippen molar-refractivity contribution in [2.75, 3.05) is 11.9 Å². The summed E-state index contributed by atoms with van der Waals surface area (Å²) in [6.45, 7) is 5.01. The van der Waals surface area contributed by atoms with Crippen LogP contribution in [0.1, 0.15) is 46.0 Å². The Kier molecular flexibility index (Phi) is 5.76. The molecule has 94 valence electrons. The summed E-state index contributed by atoms with van der Waals surface area (Å²) in [7, 11) is 0. The van der Waals surface area contributed by atoms with E-state index in [1.165, 1.54) is 0 Å². The van der Waals surface area contributed by atoms with Gasteiger partial charge in [-0.1, -0.05) is 22.9 Å². The maximum atomic E-state index is 11.7. The van der Waals surface area contributed by atoms with Gasteiger partial charge in [0.05, 0.1) is 6.10 Å². The molecule has 1 aliphatic rings. The monoisotopic (exact) mass is 291 g/mol. The maximum Gasteiger partial charge on any atom is 0.220 e. The fourth-order valence-electron chi connectivity index (χ4n) is 1.78. The molecule has 16 heavy (non-hydrogen) atoms. The second kappa shape index (κ2) is 6.60. The van der Waals surface area contributed by atoms with Crippen LogP contribution in [0.4, 0.5) is 0 Å². The molecule has 1 saturated heterocycles. The van der Waals surface area contributed by atoms with Gasteiger partial charge in [0, 0.05) is 23.9 Å². The molecular weight excluding hydrogens is 270 g/mol. The van der Waals surface area contributed by atoms with E-state index in [-0.39, 0.29) is 11.4 Å². The smallest absolute Gasteiger partial charge is 0.220 e. The third kappa shape index (κ3) is 4.42. The van der Waals surface area contributed by atoms with Gasteiger partial charge in [-0.25, -0.2) is 0 Å². The zero-order chi connectivity index (χ0) is 12.0. The Balaban J connectivity index is 2.24. The van der Waals surface area contributed by atoms with Gasteiger partial charge in [-0.05, 0) is 32.6 Å². The molecular formula is C12H22BrNO2. The number of rotatable bonds is 6. The van der Waals surface area contributed by atoms with Crippen molar-refractivity contribution < 1.29 is 9.53 Å². The van der Waals surface area contributed by atoms with E-state index in [0.717, 1.165) is 37.6 Å². The zero-order valence-electron chi connectivity index (χ0n) is 10.2. The van der Waals surface area contributed by atoms with Crippen LogP contribution < -0.4 is 5.32 Å². The fraction of sp³-hybridized carbons (Fsp3) is 0.917. The topological polar surface area (TPSA) is 38.3 Å². The number of hydrogen-bond donors (Lipinski definition) is 1. The molecule has 4 heteroatoms. The van der Waals surface area contributed by atoms with Gasteiger partial charge < -0.3 is 10.1 Å². The lowest BCUT2D eigenvalue weighted by molar-refractivity contribution is -0.123. The van der Waals surface area contributed by atoms with Crippen LogP contribution in [0.5, 0.6) is 0 Å². The number of nitrogens with one attached hydrogen (secondary N) is 1. The summed E-state index contributed by atoms with van der Waals surface area (Å²) in [6, 6.07) is 0. The minimum atomic E-state index is -0.117. The fourth-order valence-corrected chi connectivity index (χ4v) is 2.32. The largest absolute Gasteiger partial charge is 0.378 e. The predicted molar refractivity (Wildman–Crippen MR) is 68.8 cm³/mol. The van der Waals surface area contributed by atoms with Crippen LogP contribution >= 0.6 is 15.9 Å². The number of alkyl halides is 1. The Labute approximate surface area is 106 Å². The summed E-state index contributed by atoms with van der Waals surface area (Å²) in [5.41, 5.74) is -0.117. The van der Waals surface area contributed by atoms with E-state index >= 15 is 0 Å². The average Bonchev–Trinajstić information content (AvgIpc) is 2.79. The van der Waals surface area contributed by atoms with Crippen molar-refractivity contribution >= 4 is 21.8 Å². The number of ether oxygens (including phenoxy) is 1. The second-order valence-corrected chi connectivity index (χ2v) is 5.33. The number of hydrogen-bond acceptors (Lipinski definition) is 2. The molecule has 0 bridgehead atoms. The Hall–Kier alpha value is -0.0900. The molecule has 1 aliphatic heterocycles. The summed E-state index contributed by atoms with van der Waals surface area (Å²) in [5.74, 6) is 0.138. The molecule has 0 radical (unpaired) electrons. The van der Waals surface area contributed by atoms with Gasteiger partial charge in [0.15, 0.2) is 0 Å². The van der Waals surface area contributed by atoms with E-state index in [2.05, 4.69) is 35.1 Å². The van der Waals surface area contributed by atoms with Crippen molar-refractivity contribution in [2.45, 2.75) is 57.6 Å². The SMILES string of the molecule is CCC(C)(CBr)NC(=O)CCC1CCCO1. The molecule has 0 aromatic carbocycles. The number of carbonyl (C=O) groups is 1. The molecule has 0 aliphatic carbocycles. The first-order valence-corrected chi connectivity index (χ1v) is 7.20. The lowest BCUT2D eigenvalue weighted by Crippen LogP contribution is -2.47. The molecule has 0 aromatic heterocycles. The lowest BCUT2D eigenvalue weighted by atomic mass is 10.0. The third-order valence-electron chi connectivity index (χ3n) is 3.23. The third-order valence-corrected chi connectivity index (χ3v) is 4.47. The standard InChI is InChI=1S/C12H22BrNO2/c1-3-12(2,9-13)14-11(15)7-6-10-5-4-8-16-10/h10H,3-9H2,1-2H3,(H,14,15). The summed E-state index contributed by atoms with van der Waals surface area (Å²) >= 11 is 3.44. The van der Waals surface area contributed by atoms with Gasteiger partial charge in [0.25, 0.3) is 0 Å². The molecule has 1 amide bonds. The van der Waals surface area contributed by atoms with E-state index < -0.39 is 0 Å². The first-order chi connectivity index (χ1) is 7.59. The molecule has 1 heterocycles. The lowest BCUT2D eigenvalue weighted by Gasteiger charge is -2.27. The van der Waals surface area contributed by atoms with Gasteiger partial charge >= 0.3 is 0 Å². The number of halogens is 1. The minimum absolute atomic E-state index is 0.117. The van der Waals surface area contributed by atoms with Crippen LogP contribution in [-0.4, -0.2) is 29.5 Å². The Morgan fingerprint density at radius 1 is 1.62 bits per heavy atom. The maximum absolute atomic E-state index is 11.7. The van der Waals surface area contributed by atoms with E-state index in [0.29, 0.717) is 12.5 Å². The Morgan fingerprint density at radius 3 is 2.88 bits per heavy atom. The van der Waals surface area contributed by atoms with Crippen LogP contribution in [0, 0.1) is 0 Å². The van der Waals surface area contributed by atoms with Gasteiger partial charge in [0.1, 0.15) is 0 Å². The first-order valence-electron chi connectivity index (χ1n) is 6.08. The van der Waals surface area contributed by atoms with Crippen molar-refractivity contribution in [1.29, 1.82) is 0 Å². The number of carbonyl (C=O) groups excluding carboxylic acids is 1. The summed E-state index contributed by atoms with van der Waals surface area (Å²) in [6.07, 6.45) is 4.92. The van der Waals surface area contributed by atoms with Crippen LogP contribution in [-0.2, 0) is 9.53 Å². The molecule has 1 N–H and O–H groups in total. The van der Waals surface area contributed by atoms with Crippen LogP contribution in [0.15, 0.2) is 0 Å². The molecule has 1 rings (SSSR count). The van der Waals surface area contributed by atoms with E-state index in [4.69, 9.17) is 4.74 Å². The molecule has 0 saturated carbocycles. The van der Waals surface area contributed by atoms with E-state index in [1.807, 2.05) is 0 Å². The normalized spacial score (nSPS) is 24.1. The van der Waals surface area contributed by atoms with Gasteiger partial charge in [0.2, 0.25) is 5.91 Å². The number of amides is 1. The van der Waals surface area contributed by atoms with Crippen molar-refractivity contribution in [3.63, 3.8) is 0 Å². The summed E-state index contributed by atoms with van der Waals surface area (Å²) in [5, 5.41) is 3.87. The van der Waals surface area contributed by atoms with Crippen LogP contribution in [0.25, 0.3) is 0 Å². The van der Waals surface area contributed by atoms with Crippen molar-refractivity contribution in [1.82, 2.24) is 5.32 Å². The van der Waals surface area contributed by atoms with Gasteiger partial charge in [-0.15, -0.1) is 0 Å². The quantitative estimate of drug-likeness (QED) is 0.764. The molecule has 2 unspecified atom stereocenters. The summed E-state index contributed by atoms with van der Waals surface area (Å²) < 4.78 is 5.50. The van der Waals surface area contributed by atoms with Crippen LogP contribution in [0.2, 0.25) is 0 Å². The average molecular weight is 292 g/mol. The molecule has 0 aromatic rings. The molecule has 2 atom stereocenters. The first kappa shape index (κ1) is 14.0. The zero-order valence-corrected chi connectivity index (χ0v) is 11.8. The van der Waals surface area contributed by atoms with Crippen LogP contribution in [0.3, 0.4) is 0 Å². The Bertz CT molecular complexity index is 223. The highest BCUT2D eigenvalue weighted by molar-refractivity contribution is 9.09. The highest BCUT2D eigenvalue weighted by Crippen LogP contribution is 2.18. The van der Waals surface area contributed by atoms with Gasteiger partial charge in [-0.2, -0.15) is 0 Å². The Morgan fingerprint density at radius 2 is 2.38 bits per heavy atom. The highest BCUT2D eigenvalue weighted by atomic mass is 79.9. The van der Waals surface area contributed by atoms with E-state index in [1.54, 1.807) is 0 Å². The minimum Gasteiger partial charge on any atom is -0.378 e. The van der Waals surface area contributed by atoms with Crippen molar-refractivity contribution in [2.24, 2.45) is 0 Å². The molecule has 0 spiro atoms. The van der Waals surface area contributed by atoms with Crippen molar-refractivity contribution in [3.8, 4) is 0 Å². The van der Waals surface area contributed by atoms with Crippen molar-refractivity contribution in [3.05, 3.63) is 0 Å². The summed E-state index contributed by atoms with van der Waals surface area (Å²) in [4.78, 5) is 11.7. The van der Waals surface area contributed by atoms with E-state index in [9.17, 15) is 4.79 Å². The predicted octanol–water partition coefficient (Wildman–Crippen LogP) is 2.63. The molecule has 3 nitrogen and oxygen atoms in total. The van der Waals surface area contributed by atoms with Gasteiger partial charge in [-0.3, -0.25) is 4.79 Å².